The Bertz CT molecular complexity index is 423. The van der Waals surface area contributed by atoms with Crippen molar-refractivity contribution in [2.24, 2.45) is 5.73 Å². The lowest BCUT2D eigenvalue weighted by atomic mass is 10.2. The molecule has 6 nitrogen and oxygen atoms in total. The van der Waals surface area contributed by atoms with E-state index in [-0.39, 0.29) is 12.7 Å². The van der Waals surface area contributed by atoms with Crippen LogP contribution in [0, 0.1) is 0 Å². The van der Waals surface area contributed by atoms with Crippen LogP contribution in [0.25, 0.3) is 0 Å². The van der Waals surface area contributed by atoms with Gasteiger partial charge in [-0.25, -0.2) is 0 Å². The molecule has 0 aromatic heterocycles. The van der Waals surface area contributed by atoms with Crippen molar-refractivity contribution in [2.45, 2.75) is 0 Å². The predicted octanol–water partition coefficient (Wildman–Crippen LogP) is 0.120. The number of amides is 1. The van der Waals surface area contributed by atoms with Gasteiger partial charge in [-0.15, -0.1) is 0 Å². The Morgan fingerprint density at radius 1 is 1.33 bits per heavy atom. The van der Waals surface area contributed by atoms with Crippen LogP contribution in [0.4, 0.5) is 0 Å². The minimum absolute atomic E-state index is 0.162. The van der Waals surface area contributed by atoms with Crippen molar-refractivity contribution in [3.8, 4) is 11.5 Å². The summed E-state index contributed by atoms with van der Waals surface area (Å²) in [6.07, 6.45) is 0. The molecule has 0 unspecified atom stereocenters. The van der Waals surface area contributed by atoms with Crippen molar-refractivity contribution < 1.29 is 19.0 Å². The van der Waals surface area contributed by atoms with E-state index in [2.05, 4.69) is 5.32 Å². The average Bonchev–Trinajstić information content (AvgIpc) is 2.85. The van der Waals surface area contributed by atoms with Crippen LogP contribution in [0.2, 0.25) is 0 Å². The second-order valence-electron chi connectivity index (χ2n) is 3.72. The third-order valence-corrected chi connectivity index (χ3v) is 2.43. The molecule has 1 aromatic carbocycles. The van der Waals surface area contributed by atoms with Gasteiger partial charge >= 0.3 is 0 Å². The number of nitrogens with one attached hydrogen (secondary N) is 1. The minimum Gasteiger partial charge on any atom is -0.454 e. The zero-order valence-corrected chi connectivity index (χ0v) is 9.98. The van der Waals surface area contributed by atoms with Gasteiger partial charge in [0.05, 0.1) is 13.2 Å². The molecule has 0 bridgehead atoms. The van der Waals surface area contributed by atoms with Crippen molar-refractivity contribution in [1.29, 1.82) is 0 Å². The van der Waals surface area contributed by atoms with E-state index in [1.54, 1.807) is 18.2 Å². The Balaban J connectivity index is 1.82. The SMILES string of the molecule is NCCOCCNC(=O)c1ccc2c(c1)OCO2. The van der Waals surface area contributed by atoms with Crippen molar-refractivity contribution in [2.75, 3.05) is 33.1 Å². The molecular formula is C12H16N2O4. The van der Waals surface area contributed by atoms with Gasteiger partial charge in [-0.1, -0.05) is 0 Å². The zero-order chi connectivity index (χ0) is 12.8. The molecule has 0 aliphatic carbocycles. The Kier molecular flexibility index (Phi) is 4.38. The lowest BCUT2D eigenvalue weighted by Crippen LogP contribution is -2.27. The Hall–Kier alpha value is -1.79. The van der Waals surface area contributed by atoms with Gasteiger partial charge in [0.1, 0.15) is 0 Å². The maximum Gasteiger partial charge on any atom is 0.251 e. The first kappa shape index (κ1) is 12.7. The van der Waals surface area contributed by atoms with Gasteiger partial charge < -0.3 is 25.3 Å². The maximum atomic E-state index is 11.8. The molecule has 0 atom stereocenters. The van der Waals surface area contributed by atoms with Crippen LogP contribution in [0.1, 0.15) is 10.4 Å². The van der Waals surface area contributed by atoms with E-state index in [1.165, 1.54) is 0 Å². The van der Waals surface area contributed by atoms with Gasteiger partial charge in [-0.2, -0.15) is 0 Å². The fourth-order valence-corrected chi connectivity index (χ4v) is 1.56. The van der Waals surface area contributed by atoms with E-state index in [0.717, 1.165) is 0 Å². The van der Waals surface area contributed by atoms with Gasteiger partial charge in [-0.3, -0.25) is 4.79 Å². The number of hydrogen-bond donors (Lipinski definition) is 2. The van der Waals surface area contributed by atoms with Crippen LogP contribution in [0.5, 0.6) is 11.5 Å². The number of carbonyl (C=O) groups excluding carboxylic acids is 1. The van der Waals surface area contributed by atoms with Crippen molar-refractivity contribution in [3.05, 3.63) is 23.8 Å². The molecule has 0 saturated carbocycles. The Labute approximate surface area is 105 Å². The van der Waals surface area contributed by atoms with Gasteiger partial charge in [0.15, 0.2) is 11.5 Å². The van der Waals surface area contributed by atoms with E-state index in [1.807, 2.05) is 0 Å². The van der Waals surface area contributed by atoms with Crippen molar-refractivity contribution in [3.63, 3.8) is 0 Å². The number of ether oxygens (including phenoxy) is 3. The van der Waals surface area contributed by atoms with Gasteiger partial charge in [0.2, 0.25) is 6.79 Å². The molecular weight excluding hydrogens is 236 g/mol. The van der Waals surface area contributed by atoms with Gasteiger partial charge in [-0.05, 0) is 18.2 Å². The number of benzene rings is 1. The van der Waals surface area contributed by atoms with Crippen molar-refractivity contribution in [1.82, 2.24) is 5.32 Å². The molecule has 1 aliphatic rings. The lowest BCUT2D eigenvalue weighted by Gasteiger charge is -2.06. The highest BCUT2D eigenvalue weighted by Gasteiger charge is 2.15. The standard InChI is InChI=1S/C12H16N2O4/c13-3-5-16-6-4-14-12(15)9-1-2-10-11(7-9)18-8-17-10/h1-2,7H,3-6,8,13H2,(H,14,15). The van der Waals surface area contributed by atoms with E-state index >= 15 is 0 Å². The van der Waals surface area contributed by atoms with Crippen LogP contribution in [0.15, 0.2) is 18.2 Å². The molecule has 1 aliphatic heterocycles. The molecule has 0 spiro atoms. The highest BCUT2D eigenvalue weighted by molar-refractivity contribution is 5.94. The van der Waals surface area contributed by atoms with E-state index < -0.39 is 0 Å². The smallest absolute Gasteiger partial charge is 0.251 e. The molecule has 18 heavy (non-hydrogen) atoms. The number of fused-ring (bicyclic) bond motifs is 1. The predicted molar refractivity (Wildman–Crippen MR) is 64.8 cm³/mol. The molecule has 98 valence electrons. The topological polar surface area (TPSA) is 82.8 Å². The molecule has 3 N–H and O–H groups in total. The van der Waals surface area contributed by atoms with E-state index in [0.29, 0.717) is 43.4 Å². The number of hydrogen-bond acceptors (Lipinski definition) is 5. The maximum absolute atomic E-state index is 11.8. The number of nitrogens with two attached hydrogens (primary N) is 1. The van der Waals surface area contributed by atoms with E-state index in [4.69, 9.17) is 19.9 Å². The second kappa shape index (κ2) is 6.23. The summed E-state index contributed by atoms with van der Waals surface area (Å²) in [4.78, 5) is 11.8. The van der Waals surface area contributed by atoms with Crippen LogP contribution < -0.4 is 20.5 Å². The van der Waals surface area contributed by atoms with Crippen LogP contribution in [-0.4, -0.2) is 39.0 Å². The summed E-state index contributed by atoms with van der Waals surface area (Å²) in [5.74, 6) is 1.10. The number of carbonyl (C=O) groups is 1. The summed E-state index contributed by atoms with van der Waals surface area (Å²) in [6, 6.07) is 5.09. The largest absolute Gasteiger partial charge is 0.454 e. The summed E-state index contributed by atoms with van der Waals surface area (Å²) >= 11 is 0. The molecule has 6 heteroatoms. The summed E-state index contributed by atoms with van der Waals surface area (Å²) in [5.41, 5.74) is 5.82. The normalized spacial score (nSPS) is 12.5. The third kappa shape index (κ3) is 3.12. The average molecular weight is 252 g/mol. The summed E-state index contributed by atoms with van der Waals surface area (Å²) < 4.78 is 15.5. The highest BCUT2D eigenvalue weighted by Crippen LogP contribution is 2.32. The first-order chi connectivity index (χ1) is 8.81. The first-order valence-electron chi connectivity index (χ1n) is 5.77. The summed E-state index contributed by atoms with van der Waals surface area (Å²) in [7, 11) is 0. The molecule has 0 saturated heterocycles. The fraction of sp³-hybridized carbons (Fsp3) is 0.417. The Morgan fingerprint density at radius 3 is 3.00 bits per heavy atom. The van der Waals surface area contributed by atoms with Gasteiger partial charge in [0, 0.05) is 18.7 Å². The fourth-order valence-electron chi connectivity index (χ4n) is 1.56. The molecule has 1 aromatic rings. The van der Waals surface area contributed by atoms with E-state index in [9.17, 15) is 4.79 Å². The number of rotatable bonds is 6. The second-order valence-corrected chi connectivity index (χ2v) is 3.72. The lowest BCUT2D eigenvalue weighted by molar-refractivity contribution is 0.0919. The van der Waals surface area contributed by atoms with Gasteiger partial charge in [0.25, 0.3) is 5.91 Å². The highest BCUT2D eigenvalue weighted by atomic mass is 16.7. The van der Waals surface area contributed by atoms with Crippen LogP contribution in [0.3, 0.4) is 0 Å². The Morgan fingerprint density at radius 2 is 2.17 bits per heavy atom. The van der Waals surface area contributed by atoms with Crippen LogP contribution >= 0.6 is 0 Å². The molecule has 2 rings (SSSR count). The van der Waals surface area contributed by atoms with Crippen molar-refractivity contribution >= 4 is 5.91 Å². The molecule has 1 heterocycles. The molecule has 0 fully saturated rings. The minimum atomic E-state index is -0.162. The third-order valence-electron chi connectivity index (χ3n) is 2.43. The van der Waals surface area contributed by atoms with Crippen LogP contribution in [-0.2, 0) is 4.74 Å². The monoisotopic (exact) mass is 252 g/mol. The molecule has 0 radical (unpaired) electrons. The molecule has 1 amide bonds. The zero-order valence-electron chi connectivity index (χ0n) is 9.98. The quantitative estimate of drug-likeness (QED) is 0.703. The summed E-state index contributed by atoms with van der Waals surface area (Å²) in [5, 5.41) is 2.75. The summed E-state index contributed by atoms with van der Waals surface area (Å²) in [6.45, 7) is 2.09. The first-order valence-corrected chi connectivity index (χ1v) is 5.77.